The van der Waals surface area contributed by atoms with Crippen molar-refractivity contribution in [2.75, 3.05) is 6.61 Å². The van der Waals surface area contributed by atoms with E-state index in [1.54, 1.807) is 11.7 Å². The van der Waals surface area contributed by atoms with Crippen molar-refractivity contribution in [1.82, 2.24) is 4.98 Å². The second kappa shape index (κ2) is 6.29. The number of aliphatic hydroxyl groups excluding tert-OH is 1. The molecule has 0 aliphatic heterocycles. The second-order valence-electron chi connectivity index (χ2n) is 4.04. The molecule has 1 heterocycles. The lowest BCUT2D eigenvalue weighted by Crippen LogP contribution is -2.10. The minimum Gasteiger partial charge on any atom is -0.396 e. The van der Waals surface area contributed by atoms with E-state index in [1.807, 2.05) is 30.3 Å². The normalized spacial score (nSPS) is 13.8. The van der Waals surface area contributed by atoms with Crippen LogP contribution in [-0.2, 0) is 0 Å². The Morgan fingerprint density at radius 3 is 2.67 bits per heavy atom. The molecule has 0 aliphatic rings. The molecule has 1 aromatic heterocycles. The Kier molecular flexibility index (Phi) is 4.46. The zero-order chi connectivity index (χ0) is 12.8. The maximum Gasteiger partial charge on any atom is 0.0794 e. The minimum atomic E-state index is -0.237. The van der Waals surface area contributed by atoms with E-state index in [9.17, 15) is 10.4 Å². The van der Waals surface area contributed by atoms with Gasteiger partial charge in [0, 0.05) is 23.6 Å². The van der Waals surface area contributed by atoms with Crippen molar-refractivity contribution in [3.63, 3.8) is 0 Å². The zero-order valence-corrected chi connectivity index (χ0v) is 10.7. The lowest BCUT2D eigenvalue weighted by Gasteiger charge is -2.20. The topological polar surface area (TPSA) is 56.9 Å². The van der Waals surface area contributed by atoms with Crippen LogP contribution < -0.4 is 0 Å². The summed E-state index contributed by atoms with van der Waals surface area (Å²) in [7, 11) is 0. The molecule has 0 fully saturated rings. The first-order valence-electron chi connectivity index (χ1n) is 5.80. The first kappa shape index (κ1) is 12.7. The molecule has 2 aromatic rings. The predicted octanol–water partition coefficient (Wildman–Crippen LogP) is 2.92. The molecule has 3 nitrogen and oxygen atoms in total. The molecule has 92 valence electrons. The molecular formula is C14H14N2OS. The number of rotatable bonds is 5. The average molecular weight is 258 g/mol. The fraction of sp³-hybridized carbons (Fsp3) is 0.286. The van der Waals surface area contributed by atoms with E-state index in [0.29, 0.717) is 6.42 Å². The molecule has 0 bridgehead atoms. The monoisotopic (exact) mass is 258 g/mol. The fourth-order valence-electron chi connectivity index (χ4n) is 2.08. The van der Waals surface area contributed by atoms with Crippen LogP contribution in [0.1, 0.15) is 28.7 Å². The van der Waals surface area contributed by atoms with Gasteiger partial charge in [0.25, 0.3) is 0 Å². The van der Waals surface area contributed by atoms with Crippen molar-refractivity contribution in [2.24, 2.45) is 0 Å². The van der Waals surface area contributed by atoms with E-state index in [-0.39, 0.29) is 18.4 Å². The second-order valence-corrected chi connectivity index (χ2v) is 4.96. The molecular weight excluding hydrogens is 244 g/mol. The summed E-state index contributed by atoms with van der Waals surface area (Å²) in [6.45, 7) is 0.0770. The maximum atomic E-state index is 9.43. The fourth-order valence-corrected chi connectivity index (χ4v) is 2.87. The number of hydrogen-bond acceptors (Lipinski definition) is 4. The van der Waals surface area contributed by atoms with Crippen LogP contribution in [0.25, 0.3) is 0 Å². The predicted molar refractivity (Wildman–Crippen MR) is 71.4 cm³/mol. The SMILES string of the molecule is N#C[C@@H](c1ccccc1)[C@@H](CCO)c1cncs1. The van der Waals surface area contributed by atoms with Gasteiger partial charge in [-0.2, -0.15) is 5.26 Å². The highest BCUT2D eigenvalue weighted by molar-refractivity contribution is 7.09. The Balaban J connectivity index is 2.32. The standard InChI is InChI=1S/C14H14N2OS/c15-8-13(11-4-2-1-3-5-11)12(6-7-17)14-9-16-10-18-14/h1-5,9-10,12-13,17H,6-7H2/t12-,13+/m1/s1. The van der Waals surface area contributed by atoms with Gasteiger partial charge >= 0.3 is 0 Å². The molecule has 2 atom stereocenters. The Morgan fingerprint density at radius 2 is 2.11 bits per heavy atom. The Hall–Kier alpha value is -1.70. The van der Waals surface area contributed by atoms with Crippen molar-refractivity contribution in [3.8, 4) is 6.07 Å². The third kappa shape index (κ3) is 2.76. The first-order chi connectivity index (χ1) is 8.86. The molecule has 1 N–H and O–H groups in total. The van der Waals surface area contributed by atoms with E-state index in [2.05, 4.69) is 11.1 Å². The van der Waals surface area contributed by atoms with Crippen molar-refractivity contribution in [2.45, 2.75) is 18.3 Å². The summed E-state index contributed by atoms with van der Waals surface area (Å²) in [5.41, 5.74) is 2.76. The molecule has 0 saturated carbocycles. The molecule has 18 heavy (non-hydrogen) atoms. The zero-order valence-electron chi connectivity index (χ0n) is 9.86. The number of aliphatic hydroxyl groups is 1. The molecule has 2 rings (SSSR count). The van der Waals surface area contributed by atoms with E-state index in [0.717, 1.165) is 10.4 Å². The first-order valence-corrected chi connectivity index (χ1v) is 6.68. The van der Waals surface area contributed by atoms with Gasteiger partial charge in [-0.1, -0.05) is 30.3 Å². The van der Waals surface area contributed by atoms with Gasteiger partial charge in [-0.05, 0) is 12.0 Å². The van der Waals surface area contributed by atoms with Gasteiger partial charge < -0.3 is 5.11 Å². The van der Waals surface area contributed by atoms with Gasteiger partial charge in [-0.15, -0.1) is 11.3 Å². The molecule has 1 aromatic carbocycles. The van der Waals surface area contributed by atoms with E-state index in [1.165, 1.54) is 11.3 Å². The number of aromatic nitrogens is 1. The summed E-state index contributed by atoms with van der Waals surface area (Å²) in [5, 5.41) is 18.6. The summed E-state index contributed by atoms with van der Waals surface area (Å²) >= 11 is 1.54. The molecule has 0 aliphatic carbocycles. The lowest BCUT2D eigenvalue weighted by molar-refractivity contribution is 0.273. The van der Waals surface area contributed by atoms with Gasteiger partial charge in [-0.3, -0.25) is 4.98 Å². The molecule has 0 unspecified atom stereocenters. The number of thiazole rings is 1. The average Bonchev–Trinajstić information content (AvgIpc) is 2.93. The van der Waals surface area contributed by atoms with Crippen LogP contribution in [0.15, 0.2) is 42.0 Å². The van der Waals surface area contributed by atoms with Crippen LogP contribution in [0.4, 0.5) is 0 Å². The number of benzene rings is 1. The Morgan fingerprint density at radius 1 is 1.33 bits per heavy atom. The van der Waals surface area contributed by atoms with Gasteiger partial charge in [0.05, 0.1) is 17.5 Å². The minimum absolute atomic E-state index is 0.00917. The summed E-state index contributed by atoms with van der Waals surface area (Å²) in [5.74, 6) is -0.228. The maximum absolute atomic E-state index is 9.43. The molecule has 4 heteroatoms. The highest BCUT2D eigenvalue weighted by atomic mass is 32.1. The van der Waals surface area contributed by atoms with Gasteiger partial charge in [0.1, 0.15) is 0 Å². The summed E-state index contributed by atoms with van der Waals surface area (Å²) in [4.78, 5) is 5.12. The van der Waals surface area contributed by atoms with Crippen molar-refractivity contribution in [1.29, 1.82) is 5.26 Å². The lowest BCUT2D eigenvalue weighted by atomic mass is 9.84. The van der Waals surface area contributed by atoms with Gasteiger partial charge in [-0.25, -0.2) is 0 Å². The number of nitriles is 1. The molecule has 0 radical (unpaired) electrons. The van der Waals surface area contributed by atoms with Gasteiger partial charge in [0.2, 0.25) is 0 Å². The summed E-state index contributed by atoms with van der Waals surface area (Å²) in [6, 6.07) is 12.1. The molecule has 0 amide bonds. The van der Waals surface area contributed by atoms with Crippen LogP contribution in [0.2, 0.25) is 0 Å². The van der Waals surface area contributed by atoms with Crippen LogP contribution >= 0.6 is 11.3 Å². The molecule has 0 spiro atoms. The van der Waals surface area contributed by atoms with Gasteiger partial charge in [0.15, 0.2) is 0 Å². The summed E-state index contributed by atoms with van der Waals surface area (Å²) < 4.78 is 0. The molecule has 0 saturated heterocycles. The third-order valence-electron chi connectivity index (χ3n) is 2.96. The number of nitrogens with zero attached hydrogens (tertiary/aromatic N) is 2. The highest BCUT2D eigenvalue weighted by Crippen LogP contribution is 2.36. The van der Waals surface area contributed by atoms with Crippen molar-refractivity contribution >= 4 is 11.3 Å². The largest absolute Gasteiger partial charge is 0.396 e. The van der Waals surface area contributed by atoms with Crippen LogP contribution in [0.3, 0.4) is 0 Å². The van der Waals surface area contributed by atoms with Crippen LogP contribution in [0, 0.1) is 11.3 Å². The Bertz CT molecular complexity index is 504. The quantitative estimate of drug-likeness (QED) is 0.897. The van der Waals surface area contributed by atoms with E-state index >= 15 is 0 Å². The Labute approximate surface area is 110 Å². The smallest absolute Gasteiger partial charge is 0.0794 e. The van der Waals surface area contributed by atoms with Crippen molar-refractivity contribution < 1.29 is 5.11 Å². The van der Waals surface area contributed by atoms with Crippen LogP contribution in [0.5, 0.6) is 0 Å². The third-order valence-corrected chi connectivity index (χ3v) is 3.86. The van der Waals surface area contributed by atoms with E-state index in [4.69, 9.17) is 0 Å². The van der Waals surface area contributed by atoms with Crippen molar-refractivity contribution in [3.05, 3.63) is 52.5 Å². The number of hydrogen-bond donors (Lipinski definition) is 1. The van der Waals surface area contributed by atoms with Crippen LogP contribution in [-0.4, -0.2) is 16.7 Å². The highest BCUT2D eigenvalue weighted by Gasteiger charge is 2.25. The van der Waals surface area contributed by atoms with E-state index < -0.39 is 0 Å². The summed E-state index contributed by atoms with van der Waals surface area (Å²) in [6.07, 6.45) is 2.37.